The van der Waals surface area contributed by atoms with Gasteiger partial charge in [-0.05, 0) is 24.3 Å². The molecule has 0 saturated carbocycles. The van der Waals surface area contributed by atoms with Crippen LogP contribution in [0.5, 0.6) is 11.5 Å². The van der Waals surface area contributed by atoms with Crippen molar-refractivity contribution in [1.29, 1.82) is 0 Å². The predicted molar refractivity (Wildman–Crippen MR) is 108 cm³/mol. The minimum Gasteiger partial charge on any atom is -0.497 e. The lowest BCUT2D eigenvalue weighted by Crippen LogP contribution is -2.13. The van der Waals surface area contributed by atoms with Crippen molar-refractivity contribution >= 4 is 34.2 Å². The van der Waals surface area contributed by atoms with Gasteiger partial charge in [0.2, 0.25) is 0 Å². The molecular weight excluding hydrogens is 380 g/mol. The lowest BCUT2D eigenvalue weighted by Gasteiger charge is -2.21. The number of hydrogen-bond acceptors (Lipinski definition) is 7. The van der Waals surface area contributed by atoms with Gasteiger partial charge in [0, 0.05) is 23.7 Å². The molecule has 4 rings (SSSR count). The molecule has 0 atom stereocenters. The Hall–Kier alpha value is -3.32. The highest BCUT2D eigenvalue weighted by atomic mass is 35.5. The second kappa shape index (κ2) is 7.36. The summed E-state index contributed by atoms with van der Waals surface area (Å²) in [7, 11) is 5.12. The summed E-state index contributed by atoms with van der Waals surface area (Å²) in [4.78, 5) is 10.6. The van der Waals surface area contributed by atoms with Crippen LogP contribution in [0, 0.1) is 0 Å². The molecule has 28 heavy (non-hydrogen) atoms. The summed E-state index contributed by atoms with van der Waals surface area (Å²) in [6.45, 7) is 0. The number of anilines is 2. The molecule has 2 heterocycles. The van der Waals surface area contributed by atoms with E-state index in [2.05, 4.69) is 15.1 Å². The van der Waals surface area contributed by atoms with E-state index in [0.717, 1.165) is 11.3 Å². The molecule has 2 aromatic carbocycles. The average molecular weight is 397 g/mol. The summed E-state index contributed by atoms with van der Waals surface area (Å²) < 4.78 is 16.3. The SMILES string of the molecule is COc1ccc(N(C)c2ncnc3onc(-c4ccc(Cl)cc4)c23)c(OC)c1. The fraction of sp³-hybridized carbons (Fsp3) is 0.150. The van der Waals surface area contributed by atoms with Gasteiger partial charge in [-0.2, -0.15) is 4.98 Å². The molecular formula is C20H17ClN4O3. The highest BCUT2D eigenvalue weighted by Crippen LogP contribution is 2.39. The summed E-state index contributed by atoms with van der Waals surface area (Å²) in [5.41, 5.74) is 2.71. The monoisotopic (exact) mass is 396 g/mol. The zero-order valence-corrected chi connectivity index (χ0v) is 16.3. The Labute approximate surface area is 166 Å². The van der Waals surface area contributed by atoms with Gasteiger partial charge in [0.05, 0.1) is 19.9 Å². The smallest absolute Gasteiger partial charge is 0.263 e. The van der Waals surface area contributed by atoms with Crippen LogP contribution in [0.1, 0.15) is 0 Å². The van der Waals surface area contributed by atoms with Crippen molar-refractivity contribution in [2.75, 3.05) is 26.2 Å². The molecule has 142 valence electrons. The van der Waals surface area contributed by atoms with Crippen LogP contribution in [0.3, 0.4) is 0 Å². The Bertz CT molecular complexity index is 1130. The van der Waals surface area contributed by atoms with E-state index in [0.29, 0.717) is 39.1 Å². The molecule has 0 spiro atoms. The first-order chi connectivity index (χ1) is 13.6. The normalized spacial score (nSPS) is 10.9. The first kappa shape index (κ1) is 18.1. The van der Waals surface area contributed by atoms with Crippen molar-refractivity contribution < 1.29 is 14.0 Å². The Morgan fingerprint density at radius 2 is 1.79 bits per heavy atom. The third-order valence-electron chi connectivity index (χ3n) is 4.44. The molecule has 0 aliphatic heterocycles. The Morgan fingerprint density at radius 3 is 2.50 bits per heavy atom. The zero-order chi connectivity index (χ0) is 19.7. The van der Waals surface area contributed by atoms with Crippen LogP contribution in [0.15, 0.2) is 53.3 Å². The molecule has 0 saturated heterocycles. The Kier molecular flexibility index (Phi) is 4.75. The van der Waals surface area contributed by atoms with Gasteiger partial charge < -0.3 is 18.9 Å². The minimum atomic E-state index is 0.397. The highest BCUT2D eigenvalue weighted by molar-refractivity contribution is 6.30. The van der Waals surface area contributed by atoms with E-state index in [9.17, 15) is 0 Å². The molecule has 0 aliphatic carbocycles. The third kappa shape index (κ3) is 3.10. The molecule has 4 aromatic rings. The number of hydrogen-bond donors (Lipinski definition) is 0. The number of nitrogens with zero attached hydrogens (tertiary/aromatic N) is 4. The van der Waals surface area contributed by atoms with Crippen molar-refractivity contribution in [2.24, 2.45) is 0 Å². The van der Waals surface area contributed by atoms with Gasteiger partial charge in [-0.25, -0.2) is 4.98 Å². The van der Waals surface area contributed by atoms with Crippen LogP contribution in [-0.2, 0) is 0 Å². The van der Waals surface area contributed by atoms with Crippen LogP contribution < -0.4 is 14.4 Å². The molecule has 0 fully saturated rings. The van der Waals surface area contributed by atoms with Crippen LogP contribution in [0.2, 0.25) is 5.02 Å². The van der Waals surface area contributed by atoms with E-state index in [1.165, 1.54) is 6.33 Å². The van der Waals surface area contributed by atoms with Gasteiger partial charge in [0.15, 0.2) is 0 Å². The van der Waals surface area contributed by atoms with Crippen molar-refractivity contribution in [3.63, 3.8) is 0 Å². The van der Waals surface area contributed by atoms with Gasteiger partial charge in [0.25, 0.3) is 5.71 Å². The first-order valence-corrected chi connectivity index (χ1v) is 8.82. The molecule has 0 radical (unpaired) electrons. The molecule has 0 unspecified atom stereocenters. The molecule has 2 aromatic heterocycles. The molecule has 0 bridgehead atoms. The van der Waals surface area contributed by atoms with Crippen LogP contribution in [0.4, 0.5) is 11.5 Å². The summed E-state index contributed by atoms with van der Waals surface area (Å²) in [6, 6.07) is 12.9. The molecule has 0 amide bonds. The van der Waals surface area contributed by atoms with Gasteiger partial charge in [-0.15, -0.1) is 0 Å². The average Bonchev–Trinajstić information content (AvgIpc) is 3.17. The van der Waals surface area contributed by atoms with Gasteiger partial charge in [-0.3, -0.25) is 0 Å². The van der Waals surface area contributed by atoms with Crippen molar-refractivity contribution in [3.05, 3.63) is 53.8 Å². The second-order valence-corrected chi connectivity index (χ2v) is 6.45. The van der Waals surface area contributed by atoms with E-state index >= 15 is 0 Å². The highest BCUT2D eigenvalue weighted by Gasteiger charge is 2.21. The fourth-order valence-electron chi connectivity index (χ4n) is 3.01. The molecule has 8 heteroatoms. The third-order valence-corrected chi connectivity index (χ3v) is 4.69. The lowest BCUT2D eigenvalue weighted by molar-refractivity contribution is 0.395. The number of aromatic nitrogens is 3. The summed E-state index contributed by atoms with van der Waals surface area (Å²) in [5.74, 6) is 1.99. The second-order valence-electron chi connectivity index (χ2n) is 6.01. The van der Waals surface area contributed by atoms with Crippen molar-refractivity contribution in [3.8, 4) is 22.8 Å². The van der Waals surface area contributed by atoms with Gasteiger partial charge >= 0.3 is 0 Å². The van der Waals surface area contributed by atoms with E-state index in [1.807, 2.05) is 42.3 Å². The van der Waals surface area contributed by atoms with E-state index < -0.39 is 0 Å². The van der Waals surface area contributed by atoms with E-state index in [4.69, 9.17) is 25.6 Å². The number of fused-ring (bicyclic) bond motifs is 1. The number of ether oxygens (including phenoxy) is 2. The quantitative estimate of drug-likeness (QED) is 0.483. The first-order valence-electron chi connectivity index (χ1n) is 8.44. The number of methoxy groups -OCH3 is 2. The topological polar surface area (TPSA) is 73.5 Å². The summed E-state index contributed by atoms with van der Waals surface area (Å²) in [6.07, 6.45) is 1.45. The largest absolute Gasteiger partial charge is 0.497 e. The van der Waals surface area contributed by atoms with E-state index in [1.54, 1.807) is 26.4 Å². The summed E-state index contributed by atoms with van der Waals surface area (Å²) in [5, 5.41) is 5.55. The minimum absolute atomic E-state index is 0.397. The maximum Gasteiger partial charge on any atom is 0.263 e. The van der Waals surface area contributed by atoms with Gasteiger partial charge in [-0.1, -0.05) is 28.9 Å². The van der Waals surface area contributed by atoms with Crippen LogP contribution >= 0.6 is 11.6 Å². The number of benzene rings is 2. The maximum atomic E-state index is 6.01. The van der Waals surface area contributed by atoms with E-state index in [-0.39, 0.29) is 0 Å². The summed E-state index contributed by atoms with van der Waals surface area (Å²) >= 11 is 6.01. The standard InChI is InChI=1S/C20H17ClN4O3/c1-25(15-9-8-14(26-2)10-16(15)27-3)19-17-18(12-4-6-13(21)7-5-12)24-28-20(17)23-11-22-19/h4-11H,1-3H3. The maximum absolute atomic E-state index is 6.01. The predicted octanol–water partition coefficient (Wildman–Crippen LogP) is 4.72. The Balaban J connectivity index is 1.87. The molecule has 0 aliphatic rings. The zero-order valence-electron chi connectivity index (χ0n) is 15.5. The number of halogens is 1. The van der Waals surface area contributed by atoms with Crippen LogP contribution in [0.25, 0.3) is 22.4 Å². The molecule has 7 nitrogen and oxygen atoms in total. The van der Waals surface area contributed by atoms with Crippen LogP contribution in [-0.4, -0.2) is 36.4 Å². The molecule has 0 N–H and O–H groups in total. The fourth-order valence-corrected chi connectivity index (χ4v) is 3.13. The lowest BCUT2D eigenvalue weighted by atomic mass is 10.1. The Morgan fingerprint density at radius 1 is 1.00 bits per heavy atom. The van der Waals surface area contributed by atoms with Crippen molar-refractivity contribution in [1.82, 2.24) is 15.1 Å². The van der Waals surface area contributed by atoms with Gasteiger partial charge in [0.1, 0.15) is 34.7 Å². The number of rotatable bonds is 5. The van der Waals surface area contributed by atoms with Crippen molar-refractivity contribution in [2.45, 2.75) is 0 Å².